The van der Waals surface area contributed by atoms with E-state index in [1.165, 1.54) is 24.8 Å². The number of aryl methyl sites for hydroxylation is 2. The molecular formula is C13H15ClN2. The van der Waals surface area contributed by atoms with Crippen LogP contribution in [0.2, 0.25) is 5.02 Å². The van der Waals surface area contributed by atoms with Crippen LogP contribution in [0.15, 0.2) is 12.1 Å². The van der Waals surface area contributed by atoms with Crippen molar-refractivity contribution in [2.45, 2.75) is 39.2 Å². The fraction of sp³-hybridized carbons (Fsp3) is 0.462. The van der Waals surface area contributed by atoms with E-state index in [0.717, 1.165) is 21.9 Å². The summed E-state index contributed by atoms with van der Waals surface area (Å²) in [6, 6.07) is 4.79. The van der Waals surface area contributed by atoms with E-state index >= 15 is 0 Å². The number of hydrogen-bond acceptors (Lipinski definition) is 1. The predicted molar refractivity (Wildman–Crippen MR) is 67.1 cm³/mol. The summed E-state index contributed by atoms with van der Waals surface area (Å²) in [7, 11) is 0. The first-order valence-corrected chi connectivity index (χ1v) is 6.19. The molecule has 1 aliphatic rings. The lowest BCUT2D eigenvalue weighted by Gasteiger charge is -2.28. The van der Waals surface area contributed by atoms with Crippen LogP contribution in [0.4, 0.5) is 0 Å². The number of benzene rings is 1. The van der Waals surface area contributed by atoms with Gasteiger partial charge in [-0.15, -0.1) is 0 Å². The molecule has 1 aliphatic carbocycles. The molecule has 1 aromatic heterocycles. The highest BCUT2D eigenvalue weighted by molar-refractivity contribution is 6.32. The largest absolute Gasteiger partial charge is 0.325 e. The first-order chi connectivity index (χ1) is 7.66. The molecule has 0 atom stereocenters. The molecule has 2 aromatic rings. The highest BCUT2D eigenvalue weighted by atomic mass is 35.5. The van der Waals surface area contributed by atoms with E-state index in [9.17, 15) is 0 Å². The Morgan fingerprint density at radius 2 is 2.06 bits per heavy atom. The Morgan fingerprint density at radius 1 is 1.31 bits per heavy atom. The van der Waals surface area contributed by atoms with Crippen LogP contribution < -0.4 is 0 Å². The second-order valence-electron chi connectivity index (χ2n) is 4.70. The fourth-order valence-corrected chi connectivity index (χ4v) is 2.60. The lowest BCUT2D eigenvalue weighted by Crippen LogP contribution is -2.17. The first-order valence-electron chi connectivity index (χ1n) is 5.81. The van der Waals surface area contributed by atoms with Gasteiger partial charge in [0.05, 0.1) is 11.0 Å². The van der Waals surface area contributed by atoms with E-state index in [1.54, 1.807) is 0 Å². The maximum Gasteiger partial charge on any atom is 0.106 e. The van der Waals surface area contributed by atoms with Gasteiger partial charge in [0.15, 0.2) is 0 Å². The summed E-state index contributed by atoms with van der Waals surface area (Å²) in [5, 5.41) is 0.841. The van der Waals surface area contributed by atoms with Crippen molar-refractivity contribution in [3.63, 3.8) is 0 Å². The molecule has 1 heterocycles. The number of nitrogens with zero attached hydrogens (tertiary/aromatic N) is 2. The molecule has 1 fully saturated rings. The van der Waals surface area contributed by atoms with Crippen LogP contribution in [0, 0.1) is 13.8 Å². The van der Waals surface area contributed by atoms with Gasteiger partial charge in [-0.05, 0) is 50.8 Å². The van der Waals surface area contributed by atoms with Crippen LogP contribution >= 0.6 is 11.6 Å². The summed E-state index contributed by atoms with van der Waals surface area (Å²) in [5.41, 5.74) is 3.37. The van der Waals surface area contributed by atoms with Gasteiger partial charge >= 0.3 is 0 Å². The summed E-state index contributed by atoms with van der Waals surface area (Å²) in [6.07, 6.45) is 3.89. The fourth-order valence-electron chi connectivity index (χ4n) is 2.45. The van der Waals surface area contributed by atoms with Gasteiger partial charge in [-0.1, -0.05) is 11.6 Å². The molecule has 3 rings (SSSR count). The lowest BCUT2D eigenvalue weighted by atomic mass is 9.92. The van der Waals surface area contributed by atoms with Crippen molar-refractivity contribution in [2.75, 3.05) is 0 Å². The van der Waals surface area contributed by atoms with Crippen LogP contribution in [0.5, 0.6) is 0 Å². The third-order valence-corrected chi connectivity index (χ3v) is 3.99. The average molecular weight is 235 g/mol. The van der Waals surface area contributed by atoms with Crippen LogP contribution in [-0.2, 0) is 0 Å². The van der Waals surface area contributed by atoms with Crippen molar-refractivity contribution in [3.05, 3.63) is 28.5 Å². The minimum absolute atomic E-state index is 0.642. The zero-order chi connectivity index (χ0) is 11.3. The molecule has 0 N–H and O–H groups in total. The maximum absolute atomic E-state index is 6.19. The predicted octanol–water partition coefficient (Wildman–Crippen LogP) is 4.03. The minimum atomic E-state index is 0.642. The van der Waals surface area contributed by atoms with Crippen LogP contribution in [0.25, 0.3) is 11.0 Å². The molecule has 0 bridgehead atoms. The van der Waals surface area contributed by atoms with Crippen molar-refractivity contribution in [2.24, 2.45) is 0 Å². The molecule has 3 heteroatoms. The normalized spacial score (nSPS) is 16.7. The van der Waals surface area contributed by atoms with Gasteiger partial charge in [-0.25, -0.2) is 4.98 Å². The van der Waals surface area contributed by atoms with Gasteiger partial charge in [0.2, 0.25) is 0 Å². The second kappa shape index (κ2) is 3.49. The maximum atomic E-state index is 6.19. The van der Waals surface area contributed by atoms with Crippen molar-refractivity contribution < 1.29 is 0 Å². The zero-order valence-corrected chi connectivity index (χ0v) is 10.4. The van der Waals surface area contributed by atoms with Crippen molar-refractivity contribution in [1.29, 1.82) is 0 Å². The smallest absolute Gasteiger partial charge is 0.106 e. The Bertz CT molecular complexity index is 553. The lowest BCUT2D eigenvalue weighted by molar-refractivity contribution is 0.316. The Morgan fingerprint density at radius 3 is 2.69 bits per heavy atom. The first kappa shape index (κ1) is 10.2. The summed E-state index contributed by atoms with van der Waals surface area (Å²) in [5.74, 6) is 1.11. The van der Waals surface area contributed by atoms with Crippen LogP contribution in [-0.4, -0.2) is 9.55 Å². The molecule has 0 radical (unpaired) electrons. The third kappa shape index (κ3) is 1.36. The third-order valence-electron chi connectivity index (χ3n) is 3.59. The summed E-state index contributed by atoms with van der Waals surface area (Å²) < 4.78 is 2.35. The molecule has 0 unspecified atom stereocenters. The zero-order valence-electron chi connectivity index (χ0n) is 9.63. The highest BCUT2D eigenvalue weighted by Gasteiger charge is 2.23. The SMILES string of the molecule is Cc1cc2nc(C)n(C3CCC3)c2cc1Cl. The monoisotopic (exact) mass is 234 g/mol. The van der Waals surface area contributed by atoms with Gasteiger partial charge in [0, 0.05) is 11.1 Å². The Hall–Kier alpha value is -1.02. The van der Waals surface area contributed by atoms with E-state index in [0.29, 0.717) is 6.04 Å². The van der Waals surface area contributed by atoms with Crippen molar-refractivity contribution >= 4 is 22.6 Å². The molecule has 0 saturated heterocycles. The van der Waals surface area contributed by atoms with Crippen molar-refractivity contribution in [1.82, 2.24) is 9.55 Å². The summed E-state index contributed by atoms with van der Waals surface area (Å²) in [4.78, 5) is 4.62. The number of halogens is 1. The van der Waals surface area contributed by atoms with E-state index < -0.39 is 0 Å². The Kier molecular flexibility index (Phi) is 2.21. The topological polar surface area (TPSA) is 17.8 Å². The standard InChI is InChI=1S/C13H15ClN2/c1-8-6-12-13(7-11(8)14)16(9(2)15-12)10-4-3-5-10/h6-7,10H,3-5H2,1-2H3. The molecule has 16 heavy (non-hydrogen) atoms. The van der Waals surface area contributed by atoms with E-state index in [-0.39, 0.29) is 0 Å². The number of rotatable bonds is 1. The molecule has 84 valence electrons. The van der Waals surface area contributed by atoms with E-state index in [4.69, 9.17) is 11.6 Å². The summed E-state index contributed by atoms with van der Waals surface area (Å²) >= 11 is 6.19. The van der Waals surface area contributed by atoms with E-state index in [1.807, 2.05) is 6.92 Å². The minimum Gasteiger partial charge on any atom is -0.325 e. The quantitative estimate of drug-likeness (QED) is 0.729. The molecule has 2 nitrogen and oxygen atoms in total. The Labute approximate surface area is 100 Å². The Balaban J connectivity index is 2.26. The molecule has 1 saturated carbocycles. The molecule has 1 aromatic carbocycles. The van der Waals surface area contributed by atoms with Gasteiger partial charge < -0.3 is 4.57 Å². The molecule has 0 amide bonds. The molecule has 0 spiro atoms. The van der Waals surface area contributed by atoms with Crippen LogP contribution in [0.1, 0.15) is 36.7 Å². The van der Waals surface area contributed by atoms with Gasteiger partial charge in [-0.2, -0.15) is 0 Å². The van der Waals surface area contributed by atoms with Gasteiger partial charge in [-0.3, -0.25) is 0 Å². The second-order valence-corrected chi connectivity index (χ2v) is 5.11. The van der Waals surface area contributed by atoms with Gasteiger partial charge in [0.1, 0.15) is 5.82 Å². The number of imidazole rings is 1. The molecule has 0 aliphatic heterocycles. The number of hydrogen-bond donors (Lipinski definition) is 0. The van der Waals surface area contributed by atoms with Crippen molar-refractivity contribution in [3.8, 4) is 0 Å². The number of aromatic nitrogens is 2. The van der Waals surface area contributed by atoms with Crippen LogP contribution in [0.3, 0.4) is 0 Å². The summed E-state index contributed by atoms with van der Waals surface area (Å²) in [6.45, 7) is 4.11. The number of fused-ring (bicyclic) bond motifs is 1. The highest BCUT2D eigenvalue weighted by Crippen LogP contribution is 2.36. The van der Waals surface area contributed by atoms with E-state index in [2.05, 4.69) is 28.6 Å². The average Bonchev–Trinajstić information content (AvgIpc) is 2.43. The van der Waals surface area contributed by atoms with Gasteiger partial charge in [0.25, 0.3) is 0 Å². The molecular weight excluding hydrogens is 220 g/mol.